The first kappa shape index (κ1) is 27.3. The number of halogens is 1. The quantitative estimate of drug-likeness (QED) is 0.274. The first-order chi connectivity index (χ1) is 18.0. The van der Waals surface area contributed by atoms with Crippen molar-refractivity contribution in [1.82, 2.24) is 10.2 Å². The Morgan fingerprint density at radius 3 is 2.38 bits per heavy atom. The van der Waals surface area contributed by atoms with Crippen LogP contribution >= 0.6 is 23.4 Å². The van der Waals surface area contributed by atoms with Crippen LogP contribution in [0.25, 0.3) is 0 Å². The van der Waals surface area contributed by atoms with E-state index in [4.69, 9.17) is 11.6 Å². The minimum atomic E-state index is -0.598. The molecule has 0 aromatic heterocycles. The second-order valence-electron chi connectivity index (χ2n) is 9.76. The second kappa shape index (κ2) is 13.7. The van der Waals surface area contributed by atoms with Gasteiger partial charge in [-0.3, -0.25) is 9.59 Å². The van der Waals surface area contributed by atoms with Crippen molar-refractivity contribution in [2.24, 2.45) is 0 Å². The van der Waals surface area contributed by atoms with Gasteiger partial charge in [-0.05, 0) is 55.2 Å². The van der Waals surface area contributed by atoms with Gasteiger partial charge in [-0.2, -0.15) is 0 Å². The van der Waals surface area contributed by atoms with Gasteiger partial charge in [0.05, 0.1) is 0 Å². The summed E-state index contributed by atoms with van der Waals surface area (Å²) >= 11 is 7.93. The molecule has 6 heteroatoms. The van der Waals surface area contributed by atoms with E-state index in [-0.39, 0.29) is 17.9 Å². The van der Waals surface area contributed by atoms with E-state index < -0.39 is 6.04 Å². The van der Waals surface area contributed by atoms with Gasteiger partial charge in [-0.1, -0.05) is 84.6 Å². The summed E-state index contributed by atoms with van der Waals surface area (Å²) in [5.74, 6) is 0.551. The molecule has 194 valence electrons. The molecule has 2 amide bonds. The summed E-state index contributed by atoms with van der Waals surface area (Å²) in [6.07, 6.45) is 5.09. The molecule has 1 atom stereocenters. The van der Waals surface area contributed by atoms with Gasteiger partial charge in [0.25, 0.3) is 0 Å². The maximum absolute atomic E-state index is 13.7. The molecule has 4 nitrogen and oxygen atoms in total. The molecule has 4 rings (SSSR count). The maximum atomic E-state index is 13.7. The Hall–Kier alpha value is -2.76. The predicted molar refractivity (Wildman–Crippen MR) is 153 cm³/mol. The lowest BCUT2D eigenvalue weighted by molar-refractivity contribution is -0.141. The van der Waals surface area contributed by atoms with Crippen molar-refractivity contribution in [3.05, 3.63) is 101 Å². The van der Waals surface area contributed by atoms with E-state index in [2.05, 4.69) is 36.5 Å². The van der Waals surface area contributed by atoms with Crippen molar-refractivity contribution in [2.45, 2.75) is 69.0 Å². The van der Waals surface area contributed by atoms with Crippen molar-refractivity contribution in [2.75, 3.05) is 5.75 Å². The fourth-order valence-corrected chi connectivity index (χ4v) is 5.84. The largest absolute Gasteiger partial charge is 0.352 e. The van der Waals surface area contributed by atoms with Gasteiger partial charge in [-0.25, -0.2) is 0 Å². The summed E-state index contributed by atoms with van der Waals surface area (Å²) in [6.45, 7) is 2.40. The summed E-state index contributed by atoms with van der Waals surface area (Å²) in [5, 5.41) is 3.88. The van der Waals surface area contributed by atoms with Gasteiger partial charge in [-0.15, -0.1) is 11.8 Å². The van der Waals surface area contributed by atoms with Crippen molar-refractivity contribution < 1.29 is 9.59 Å². The molecule has 1 aliphatic carbocycles. The van der Waals surface area contributed by atoms with E-state index in [9.17, 15) is 9.59 Å². The number of aryl methyl sites for hydroxylation is 1. The first-order valence-electron chi connectivity index (χ1n) is 13.1. The molecule has 1 N–H and O–H groups in total. The molecule has 0 spiro atoms. The summed E-state index contributed by atoms with van der Waals surface area (Å²) < 4.78 is 0. The lowest BCUT2D eigenvalue weighted by atomic mass is 10.0. The maximum Gasteiger partial charge on any atom is 0.243 e. The lowest BCUT2D eigenvalue weighted by Crippen LogP contribution is -2.52. The van der Waals surface area contributed by atoms with Crippen LogP contribution in [-0.4, -0.2) is 34.6 Å². The summed E-state index contributed by atoms with van der Waals surface area (Å²) in [4.78, 5) is 30.3. The Morgan fingerprint density at radius 2 is 1.68 bits per heavy atom. The minimum Gasteiger partial charge on any atom is -0.352 e. The van der Waals surface area contributed by atoms with E-state index in [1.807, 2.05) is 54.6 Å². The number of benzene rings is 3. The van der Waals surface area contributed by atoms with Gasteiger partial charge in [0.1, 0.15) is 6.04 Å². The van der Waals surface area contributed by atoms with E-state index in [1.165, 1.54) is 5.56 Å². The Balaban J connectivity index is 1.56. The summed E-state index contributed by atoms with van der Waals surface area (Å²) in [5.41, 5.74) is 3.16. The van der Waals surface area contributed by atoms with Gasteiger partial charge in [0.2, 0.25) is 11.8 Å². The van der Waals surface area contributed by atoms with Crippen LogP contribution in [-0.2, 0) is 22.6 Å². The van der Waals surface area contributed by atoms with Crippen molar-refractivity contribution >= 4 is 35.2 Å². The monoisotopic (exact) mass is 534 g/mol. The molecule has 0 heterocycles. The molecule has 0 aliphatic heterocycles. The molecule has 1 saturated carbocycles. The highest BCUT2D eigenvalue weighted by atomic mass is 35.5. The lowest BCUT2D eigenvalue weighted by Gasteiger charge is -2.32. The molecule has 37 heavy (non-hydrogen) atoms. The fraction of sp³-hybridized carbons (Fsp3) is 0.355. The SMILES string of the molecule is Cc1ccc(SCCC(=O)N(Cc2cccc(Cl)c2)C(Cc2ccccc2)C(=O)NC2CCCC2)cc1. The van der Waals surface area contributed by atoms with Crippen molar-refractivity contribution in [3.63, 3.8) is 0 Å². The minimum absolute atomic E-state index is 0.0258. The standard InChI is InChI=1S/C31H35ClN2O2S/c1-23-14-16-28(17-15-23)37-19-18-30(35)34(22-25-10-7-11-26(32)20-25)29(21-24-8-3-2-4-9-24)31(36)33-27-12-5-6-13-27/h2-4,7-11,14-17,20,27,29H,5-6,12-13,18-19,21-22H2,1H3,(H,33,36). The third-order valence-electron chi connectivity index (χ3n) is 6.82. The van der Waals surface area contributed by atoms with E-state index >= 15 is 0 Å². The van der Waals surface area contributed by atoms with Gasteiger partial charge < -0.3 is 10.2 Å². The van der Waals surface area contributed by atoms with E-state index in [0.29, 0.717) is 30.2 Å². The van der Waals surface area contributed by atoms with Crippen molar-refractivity contribution in [3.8, 4) is 0 Å². The number of nitrogens with one attached hydrogen (secondary N) is 1. The van der Waals surface area contributed by atoms with Crippen LogP contribution in [0.2, 0.25) is 5.02 Å². The third kappa shape index (κ3) is 8.37. The van der Waals surface area contributed by atoms with Crippen molar-refractivity contribution in [1.29, 1.82) is 0 Å². The summed E-state index contributed by atoms with van der Waals surface area (Å²) in [6, 6.07) is 25.4. The number of thioether (sulfide) groups is 1. The Labute approximate surface area is 229 Å². The zero-order chi connectivity index (χ0) is 26.0. The Kier molecular flexibility index (Phi) is 10.1. The predicted octanol–water partition coefficient (Wildman–Crippen LogP) is 6.83. The summed E-state index contributed by atoms with van der Waals surface area (Å²) in [7, 11) is 0. The third-order valence-corrected chi connectivity index (χ3v) is 8.07. The number of carbonyl (C=O) groups is 2. The van der Waals surface area contributed by atoms with Crippen LogP contribution in [0.15, 0.2) is 83.8 Å². The average Bonchev–Trinajstić information content (AvgIpc) is 3.41. The number of hydrogen-bond acceptors (Lipinski definition) is 3. The highest BCUT2D eigenvalue weighted by molar-refractivity contribution is 7.99. The molecule has 0 saturated heterocycles. The van der Waals surface area contributed by atoms with Crippen LogP contribution in [0, 0.1) is 6.92 Å². The van der Waals surface area contributed by atoms with Crippen LogP contribution in [0.1, 0.15) is 48.8 Å². The number of hydrogen-bond donors (Lipinski definition) is 1. The molecular weight excluding hydrogens is 500 g/mol. The highest BCUT2D eigenvalue weighted by Crippen LogP contribution is 2.23. The molecule has 1 aliphatic rings. The fourth-order valence-electron chi connectivity index (χ4n) is 4.79. The van der Waals surface area contributed by atoms with Gasteiger partial charge in [0, 0.05) is 41.1 Å². The number of carbonyl (C=O) groups excluding carboxylic acids is 2. The zero-order valence-electron chi connectivity index (χ0n) is 21.4. The molecule has 3 aromatic rings. The molecule has 0 bridgehead atoms. The van der Waals surface area contributed by atoms with Gasteiger partial charge in [0.15, 0.2) is 0 Å². The molecular formula is C31H35ClN2O2S. The smallest absolute Gasteiger partial charge is 0.243 e. The molecule has 3 aromatic carbocycles. The van der Waals surface area contributed by atoms with Crippen LogP contribution < -0.4 is 5.32 Å². The van der Waals surface area contributed by atoms with E-state index in [1.54, 1.807) is 16.7 Å². The van der Waals surface area contributed by atoms with E-state index in [0.717, 1.165) is 41.7 Å². The van der Waals surface area contributed by atoms with Crippen LogP contribution in [0.5, 0.6) is 0 Å². The Bertz CT molecular complexity index is 1160. The normalized spacial score (nSPS) is 14.3. The first-order valence-corrected chi connectivity index (χ1v) is 14.4. The molecule has 0 radical (unpaired) electrons. The average molecular weight is 535 g/mol. The van der Waals surface area contributed by atoms with Crippen LogP contribution in [0.4, 0.5) is 0 Å². The number of nitrogens with zero attached hydrogens (tertiary/aromatic N) is 1. The Morgan fingerprint density at radius 1 is 0.973 bits per heavy atom. The van der Waals surface area contributed by atoms with Crippen LogP contribution in [0.3, 0.4) is 0 Å². The number of amides is 2. The highest BCUT2D eigenvalue weighted by Gasteiger charge is 2.32. The number of rotatable bonds is 11. The zero-order valence-corrected chi connectivity index (χ0v) is 22.9. The second-order valence-corrected chi connectivity index (χ2v) is 11.4. The molecule has 1 unspecified atom stereocenters. The van der Waals surface area contributed by atoms with Gasteiger partial charge >= 0.3 is 0 Å². The molecule has 1 fully saturated rings. The topological polar surface area (TPSA) is 49.4 Å².